The number of hydrogen-bond acceptors (Lipinski definition) is 4. The van der Waals surface area contributed by atoms with E-state index in [4.69, 9.17) is 9.47 Å². The number of para-hydroxylation sites is 1. The molecule has 0 radical (unpaired) electrons. The summed E-state index contributed by atoms with van der Waals surface area (Å²) in [6.45, 7) is 5.42. The molecule has 164 valence electrons. The minimum Gasteiger partial charge on any atom is -0.490 e. The summed E-state index contributed by atoms with van der Waals surface area (Å²) in [6, 6.07) is 11.6. The first-order valence-electron chi connectivity index (χ1n) is 10.7. The zero-order valence-electron chi connectivity index (χ0n) is 17.8. The highest BCUT2D eigenvalue weighted by molar-refractivity contribution is 6.00. The van der Waals surface area contributed by atoms with E-state index in [0.29, 0.717) is 24.7 Å². The summed E-state index contributed by atoms with van der Waals surface area (Å²) in [5.41, 5.74) is 1.13. The molecule has 0 bridgehead atoms. The summed E-state index contributed by atoms with van der Waals surface area (Å²) < 4.78 is 25.6. The predicted molar refractivity (Wildman–Crippen MR) is 115 cm³/mol. The van der Waals surface area contributed by atoms with E-state index in [1.807, 2.05) is 32.0 Å². The minimum absolute atomic E-state index is 0.0616. The molecule has 1 fully saturated rings. The topological polar surface area (TPSA) is 67.9 Å². The van der Waals surface area contributed by atoms with Gasteiger partial charge in [-0.3, -0.25) is 9.59 Å². The number of nitrogens with one attached hydrogen (secondary N) is 1. The molecule has 1 saturated heterocycles. The minimum atomic E-state index is -0.534. The Bertz CT molecular complexity index is 978. The van der Waals surface area contributed by atoms with E-state index in [1.54, 1.807) is 18.2 Å². The van der Waals surface area contributed by atoms with Crippen molar-refractivity contribution >= 4 is 17.5 Å². The Hall–Kier alpha value is -3.09. The van der Waals surface area contributed by atoms with Crippen molar-refractivity contribution < 1.29 is 23.5 Å². The SMILES string of the molecule is CC(C)C(NC(=O)C1CC(=O)N(c2ccccc2F)C1)c1ccc2c(c1)OCCCO2. The number of fused-ring (bicyclic) bond motifs is 1. The molecular formula is C24H27FN2O4. The molecule has 2 unspecified atom stereocenters. The summed E-state index contributed by atoms with van der Waals surface area (Å²) in [5.74, 6) is 0.0417. The number of nitrogens with zero attached hydrogens (tertiary/aromatic N) is 1. The Morgan fingerprint density at radius 3 is 2.61 bits per heavy atom. The molecule has 0 spiro atoms. The fraction of sp³-hybridized carbons (Fsp3) is 0.417. The van der Waals surface area contributed by atoms with Crippen LogP contribution in [0.1, 0.15) is 38.3 Å². The van der Waals surface area contributed by atoms with Gasteiger partial charge in [0.15, 0.2) is 11.5 Å². The summed E-state index contributed by atoms with van der Waals surface area (Å²) in [4.78, 5) is 26.9. The second-order valence-corrected chi connectivity index (χ2v) is 8.34. The van der Waals surface area contributed by atoms with Crippen LogP contribution in [0.5, 0.6) is 11.5 Å². The third kappa shape index (κ3) is 4.50. The van der Waals surface area contributed by atoms with E-state index in [0.717, 1.165) is 12.0 Å². The van der Waals surface area contributed by atoms with Crippen molar-refractivity contribution in [3.05, 3.63) is 53.8 Å². The quantitative estimate of drug-likeness (QED) is 0.789. The molecule has 2 aromatic carbocycles. The summed E-state index contributed by atoms with van der Waals surface area (Å²) in [6.07, 6.45) is 0.884. The van der Waals surface area contributed by atoms with E-state index in [2.05, 4.69) is 5.32 Å². The lowest BCUT2D eigenvalue weighted by molar-refractivity contribution is -0.127. The Morgan fingerprint density at radius 1 is 1.13 bits per heavy atom. The fourth-order valence-electron chi connectivity index (χ4n) is 4.07. The van der Waals surface area contributed by atoms with E-state index < -0.39 is 11.7 Å². The third-order valence-corrected chi connectivity index (χ3v) is 5.73. The first-order valence-corrected chi connectivity index (χ1v) is 10.7. The lowest BCUT2D eigenvalue weighted by atomic mass is 9.94. The summed E-state index contributed by atoms with van der Waals surface area (Å²) in [5, 5.41) is 3.10. The highest BCUT2D eigenvalue weighted by atomic mass is 19.1. The average molecular weight is 426 g/mol. The van der Waals surface area contributed by atoms with Gasteiger partial charge < -0.3 is 19.7 Å². The second kappa shape index (κ2) is 8.96. The van der Waals surface area contributed by atoms with Crippen molar-refractivity contribution in [3.8, 4) is 11.5 Å². The molecule has 6 nitrogen and oxygen atoms in total. The van der Waals surface area contributed by atoms with E-state index in [1.165, 1.54) is 11.0 Å². The van der Waals surface area contributed by atoms with E-state index >= 15 is 0 Å². The number of anilines is 1. The summed E-state index contributed by atoms with van der Waals surface area (Å²) in [7, 11) is 0. The number of hydrogen-bond donors (Lipinski definition) is 1. The number of amides is 2. The van der Waals surface area contributed by atoms with Gasteiger partial charge in [0.05, 0.1) is 30.9 Å². The van der Waals surface area contributed by atoms with Gasteiger partial charge in [0, 0.05) is 19.4 Å². The van der Waals surface area contributed by atoms with Crippen molar-refractivity contribution in [2.45, 2.75) is 32.7 Å². The number of carbonyl (C=O) groups excluding carboxylic acids is 2. The molecule has 1 N–H and O–H groups in total. The second-order valence-electron chi connectivity index (χ2n) is 8.34. The van der Waals surface area contributed by atoms with Crippen LogP contribution >= 0.6 is 0 Å². The van der Waals surface area contributed by atoms with Crippen LogP contribution in [-0.4, -0.2) is 31.6 Å². The molecule has 31 heavy (non-hydrogen) atoms. The molecule has 2 aromatic rings. The number of halogens is 1. The fourth-order valence-corrected chi connectivity index (χ4v) is 4.07. The maximum Gasteiger partial charge on any atom is 0.227 e. The Kier molecular flexibility index (Phi) is 6.11. The van der Waals surface area contributed by atoms with Crippen LogP contribution in [0, 0.1) is 17.7 Å². The molecule has 2 atom stereocenters. The largest absolute Gasteiger partial charge is 0.490 e. The monoisotopic (exact) mass is 426 g/mol. The maximum atomic E-state index is 14.1. The van der Waals surface area contributed by atoms with Crippen molar-refractivity contribution in [2.75, 3.05) is 24.7 Å². The smallest absolute Gasteiger partial charge is 0.227 e. The molecule has 0 saturated carbocycles. The van der Waals surface area contributed by atoms with Gasteiger partial charge in [-0.1, -0.05) is 32.0 Å². The average Bonchev–Trinajstić information content (AvgIpc) is 2.98. The standard InChI is InChI=1S/C24H27FN2O4/c1-15(2)23(16-8-9-20-21(12-16)31-11-5-10-30-20)26-24(29)17-13-22(28)27(14-17)19-7-4-3-6-18(19)25/h3-4,6-9,12,15,17,23H,5,10-11,13-14H2,1-2H3,(H,26,29). The molecule has 2 amide bonds. The first kappa shape index (κ1) is 21.2. The summed E-state index contributed by atoms with van der Waals surface area (Å²) >= 11 is 0. The van der Waals surface area contributed by atoms with Crippen LogP contribution in [-0.2, 0) is 9.59 Å². The number of ether oxygens (including phenoxy) is 2. The number of carbonyl (C=O) groups is 2. The molecule has 2 aliphatic rings. The molecule has 2 heterocycles. The van der Waals surface area contributed by atoms with Gasteiger partial charge in [0.2, 0.25) is 11.8 Å². The van der Waals surface area contributed by atoms with Crippen LogP contribution in [0.25, 0.3) is 0 Å². The Labute approximate surface area is 181 Å². The molecule has 4 rings (SSSR count). The molecular weight excluding hydrogens is 399 g/mol. The predicted octanol–water partition coefficient (Wildman–Crippen LogP) is 3.85. The van der Waals surface area contributed by atoms with E-state index in [-0.39, 0.29) is 42.4 Å². The number of benzene rings is 2. The molecule has 2 aliphatic heterocycles. The van der Waals surface area contributed by atoms with Crippen molar-refractivity contribution in [3.63, 3.8) is 0 Å². The van der Waals surface area contributed by atoms with Gasteiger partial charge in [-0.05, 0) is 35.7 Å². The van der Waals surface area contributed by atoms with Crippen LogP contribution < -0.4 is 19.7 Å². The van der Waals surface area contributed by atoms with Crippen LogP contribution in [0.4, 0.5) is 10.1 Å². The Balaban J connectivity index is 1.49. The van der Waals surface area contributed by atoms with Gasteiger partial charge in [-0.2, -0.15) is 0 Å². The number of rotatable bonds is 5. The zero-order chi connectivity index (χ0) is 22.0. The van der Waals surface area contributed by atoms with Crippen LogP contribution in [0.2, 0.25) is 0 Å². The van der Waals surface area contributed by atoms with Crippen LogP contribution in [0.15, 0.2) is 42.5 Å². The normalized spacial score (nSPS) is 19.3. The van der Waals surface area contributed by atoms with Crippen molar-refractivity contribution in [1.82, 2.24) is 5.32 Å². The first-order chi connectivity index (χ1) is 14.9. The van der Waals surface area contributed by atoms with Crippen molar-refractivity contribution in [1.29, 1.82) is 0 Å². The van der Waals surface area contributed by atoms with Crippen molar-refractivity contribution in [2.24, 2.45) is 11.8 Å². The maximum absolute atomic E-state index is 14.1. The van der Waals surface area contributed by atoms with Crippen LogP contribution in [0.3, 0.4) is 0 Å². The van der Waals surface area contributed by atoms with Gasteiger partial charge in [0.1, 0.15) is 5.82 Å². The molecule has 0 aromatic heterocycles. The highest BCUT2D eigenvalue weighted by Gasteiger charge is 2.37. The highest BCUT2D eigenvalue weighted by Crippen LogP contribution is 2.35. The zero-order valence-corrected chi connectivity index (χ0v) is 17.8. The third-order valence-electron chi connectivity index (χ3n) is 5.73. The molecule has 0 aliphatic carbocycles. The van der Waals surface area contributed by atoms with Gasteiger partial charge >= 0.3 is 0 Å². The Morgan fingerprint density at radius 2 is 1.87 bits per heavy atom. The lowest BCUT2D eigenvalue weighted by Crippen LogP contribution is -2.37. The van der Waals surface area contributed by atoms with E-state index in [9.17, 15) is 14.0 Å². The van der Waals surface area contributed by atoms with Gasteiger partial charge in [-0.15, -0.1) is 0 Å². The molecule has 7 heteroatoms. The van der Waals surface area contributed by atoms with Gasteiger partial charge in [0.25, 0.3) is 0 Å². The van der Waals surface area contributed by atoms with Gasteiger partial charge in [-0.25, -0.2) is 4.39 Å². The lowest BCUT2D eigenvalue weighted by Gasteiger charge is -2.25.